The summed E-state index contributed by atoms with van der Waals surface area (Å²) in [5.41, 5.74) is 1.91. The van der Waals surface area contributed by atoms with E-state index >= 15 is 0 Å². The van der Waals surface area contributed by atoms with Gasteiger partial charge in [-0.25, -0.2) is 0 Å². The minimum Gasteiger partial charge on any atom is -0.370 e. The smallest absolute Gasteiger partial charge is 0.238 e. The standard InChI is InChI=1S/C17H24ClN3O/c18-14-6-7-16(21-8-2-1-3-9-21)15(10-14)20-17(22)12-19-11-13-4-5-13/h6-7,10,13,19H,1-5,8-9,11-12H2,(H,20,22). The molecule has 2 fully saturated rings. The minimum absolute atomic E-state index is 0.00109. The molecule has 1 aliphatic carbocycles. The van der Waals surface area contributed by atoms with Gasteiger partial charge in [-0.1, -0.05) is 11.6 Å². The number of piperidine rings is 1. The molecule has 1 amide bonds. The highest BCUT2D eigenvalue weighted by Crippen LogP contribution is 2.31. The molecule has 0 spiro atoms. The Kier molecular flexibility index (Phi) is 5.21. The largest absolute Gasteiger partial charge is 0.370 e. The predicted octanol–water partition coefficient (Wildman–Crippen LogP) is 3.27. The van der Waals surface area contributed by atoms with Crippen LogP contribution in [0.2, 0.25) is 5.02 Å². The van der Waals surface area contributed by atoms with Crippen LogP contribution in [0.4, 0.5) is 11.4 Å². The van der Waals surface area contributed by atoms with Crippen molar-refractivity contribution in [2.24, 2.45) is 5.92 Å². The Morgan fingerprint density at radius 2 is 2.00 bits per heavy atom. The van der Waals surface area contributed by atoms with Gasteiger partial charge >= 0.3 is 0 Å². The topological polar surface area (TPSA) is 44.4 Å². The molecule has 4 nitrogen and oxygen atoms in total. The lowest BCUT2D eigenvalue weighted by molar-refractivity contribution is -0.115. The maximum atomic E-state index is 12.1. The average Bonchev–Trinajstić information content (AvgIpc) is 3.32. The van der Waals surface area contributed by atoms with E-state index in [-0.39, 0.29) is 5.91 Å². The number of amides is 1. The van der Waals surface area contributed by atoms with E-state index in [2.05, 4.69) is 15.5 Å². The van der Waals surface area contributed by atoms with Crippen LogP contribution in [0.5, 0.6) is 0 Å². The van der Waals surface area contributed by atoms with Gasteiger partial charge in [0.05, 0.1) is 17.9 Å². The molecule has 2 aliphatic rings. The van der Waals surface area contributed by atoms with Crippen molar-refractivity contribution >= 4 is 28.9 Å². The molecule has 120 valence electrons. The fourth-order valence-electron chi connectivity index (χ4n) is 2.93. The summed E-state index contributed by atoms with van der Waals surface area (Å²) < 4.78 is 0. The Hall–Kier alpha value is -1.26. The van der Waals surface area contributed by atoms with E-state index in [0.29, 0.717) is 11.6 Å². The highest BCUT2D eigenvalue weighted by Gasteiger charge is 2.21. The lowest BCUT2D eigenvalue weighted by atomic mass is 10.1. The fraction of sp³-hybridized carbons (Fsp3) is 0.588. The van der Waals surface area contributed by atoms with Crippen LogP contribution in [0.15, 0.2) is 18.2 Å². The first-order chi connectivity index (χ1) is 10.7. The van der Waals surface area contributed by atoms with Crippen molar-refractivity contribution in [1.82, 2.24) is 5.32 Å². The van der Waals surface area contributed by atoms with Crippen LogP contribution >= 0.6 is 11.6 Å². The van der Waals surface area contributed by atoms with Crippen LogP contribution < -0.4 is 15.5 Å². The van der Waals surface area contributed by atoms with E-state index in [4.69, 9.17) is 11.6 Å². The van der Waals surface area contributed by atoms with Crippen LogP contribution in [0.3, 0.4) is 0 Å². The van der Waals surface area contributed by atoms with Gasteiger partial charge in [0.15, 0.2) is 0 Å². The molecule has 1 saturated heterocycles. The first-order valence-corrected chi connectivity index (χ1v) is 8.65. The molecule has 2 N–H and O–H groups in total. The van der Waals surface area contributed by atoms with Gasteiger partial charge < -0.3 is 15.5 Å². The number of rotatable bonds is 6. The van der Waals surface area contributed by atoms with Crippen LogP contribution in [-0.4, -0.2) is 32.1 Å². The lowest BCUT2D eigenvalue weighted by Gasteiger charge is -2.30. The maximum absolute atomic E-state index is 12.1. The Labute approximate surface area is 137 Å². The van der Waals surface area contributed by atoms with Crippen molar-refractivity contribution in [3.05, 3.63) is 23.2 Å². The van der Waals surface area contributed by atoms with E-state index in [1.165, 1.54) is 32.1 Å². The van der Waals surface area contributed by atoms with E-state index in [9.17, 15) is 4.79 Å². The van der Waals surface area contributed by atoms with Crippen molar-refractivity contribution in [2.45, 2.75) is 32.1 Å². The third kappa shape index (κ3) is 4.37. The lowest BCUT2D eigenvalue weighted by Crippen LogP contribution is -2.32. The zero-order valence-corrected chi connectivity index (χ0v) is 13.7. The summed E-state index contributed by atoms with van der Waals surface area (Å²) in [6, 6.07) is 5.76. The third-order valence-corrected chi connectivity index (χ3v) is 4.58. The highest BCUT2D eigenvalue weighted by atomic mass is 35.5. The molecule has 0 atom stereocenters. The molecular formula is C17H24ClN3O. The van der Waals surface area contributed by atoms with Gasteiger partial charge in [-0.3, -0.25) is 4.79 Å². The van der Waals surface area contributed by atoms with Crippen LogP contribution in [0, 0.1) is 5.92 Å². The molecule has 1 aromatic carbocycles. The highest BCUT2D eigenvalue weighted by molar-refractivity contribution is 6.31. The summed E-state index contributed by atoms with van der Waals surface area (Å²) in [6.07, 6.45) is 6.29. The maximum Gasteiger partial charge on any atom is 0.238 e. The summed E-state index contributed by atoms with van der Waals surface area (Å²) >= 11 is 6.11. The van der Waals surface area contributed by atoms with Crippen molar-refractivity contribution in [2.75, 3.05) is 36.4 Å². The number of carbonyl (C=O) groups excluding carboxylic acids is 1. The summed E-state index contributed by atoms with van der Waals surface area (Å²) in [4.78, 5) is 14.5. The van der Waals surface area contributed by atoms with Crippen molar-refractivity contribution in [1.29, 1.82) is 0 Å². The molecule has 0 radical (unpaired) electrons. The molecule has 22 heavy (non-hydrogen) atoms. The first kappa shape index (κ1) is 15.6. The minimum atomic E-state index is 0.00109. The van der Waals surface area contributed by atoms with Crippen molar-refractivity contribution in [3.8, 4) is 0 Å². The van der Waals surface area contributed by atoms with Gasteiger partial charge in [-0.15, -0.1) is 0 Å². The zero-order valence-electron chi connectivity index (χ0n) is 12.9. The van der Waals surface area contributed by atoms with Gasteiger partial charge in [0.2, 0.25) is 5.91 Å². The van der Waals surface area contributed by atoms with Gasteiger partial charge in [0.1, 0.15) is 0 Å². The molecule has 1 aromatic rings. The molecule has 0 aromatic heterocycles. The second-order valence-corrected chi connectivity index (χ2v) is 6.77. The number of nitrogens with zero attached hydrogens (tertiary/aromatic N) is 1. The number of hydrogen-bond donors (Lipinski definition) is 2. The zero-order chi connectivity index (χ0) is 15.4. The second-order valence-electron chi connectivity index (χ2n) is 6.33. The molecule has 1 aliphatic heterocycles. The number of nitrogens with one attached hydrogen (secondary N) is 2. The first-order valence-electron chi connectivity index (χ1n) is 8.27. The molecule has 0 unspecified atom stereocenters. The number of carbonyl (C=O) groups is 1. The van der Waals surface area contributed by atoms with Crippen LogP contribution in [-0.2, 0) is 4.79 Å². The number of anilines is 2. The fourth-order valence-corrected chi connectivity index (χ4v) is 3.10. The number of benzene rings is 1. The third-order valence-electron chi connectivity index (χ3n) is 4.34. The quantitative estimate of drug-likeness (QED) is 0.845. The van der Waals surface area contributed by atoms with Gasteiger partial charge in [0, 0.05) is 18.1 Å². The van der Waals surface area contributed by atoms with Gasteiger partial charge in [-0.05, 0) is 62.8 Å². The Balaban J connectivity index is 1.62. The van der Waals surface area contributed by atoms with E-state index < -0.39 is 0 Å². The summed E-state index contributed by atoms with van der Waals surface area (Å²) in [5.74, 6) is 0.782. The van der Waals surface area contributed by atoms with Crippen molar-refractivity contribution < 1.29 is 4.79 Å². The summed E-state index contributed by atoms with van der Waals surface area (Å²) in [7, 11) is 0. The van der Waals surface area contributed by atoms with Gasteiger partial charge in [0.25, 0.3) is 0 Å². The Bertz CT molecular complexity index is 525. The molecule has 5 heteroatoms. The normalized spacial score (nSPS) is 18.3. The average molecular weight is 322 g/mol. The molecule has 1 saturated carbocycles. The molecule has 0 bridgehead atoms. The number of halogens is 1. The summed E-state index contributed by atoms with van der Waals surface area (Å²) in [6.45, 7) is 3.40. The molecular weight excluding hydrogens is 298 g/mol. The van der Waals surface area contributed by atoms with Crippen molar-refractivity contribution in [3.63, 3.8) is 0 Å². The Morgan fingerprint density at radius 3 is 2.73 bits per heavy atom. The number of hydrogen-bond acceptors (Lipinski definition) is 3. The second kappa shape index (κ2) is 7.34. The van der Waals surface area contributed by atoms with Crippen LogP contribution in [0.25, 0.3) is 0 Å². The van der Waals surface area contributed by atoms with E-state index in [1.807, 2.05) is 18.2 Å². The Morgan fingerprint density at radius 1 is 1.23 bits per heavy atom. The van der Waals surface area contributed by atoms with E-state index in [0.717, 1.165) is 36.9 Å². The predicted molar refractivity (Wildman–Crippen MR) is 91.7 cm³/mol. The summed E-state index contributed by atoms with van der Waals surface area (Å²) in [5, 5.41) is 6.89. The van der Waals surface area contributed by atoms with Gasteiger partial charge in [-0.2, -0.15) is 0 Å². The molecule has 1 heterocycles. The SMILES string of the molecule is O=C(CNCC1CC1)Nc1cc(Cl)ccc1N1CCCCC1. The monoisotopic (exact) mass is 321 g/mol. The van der Waals surface area contributed by atoms with Crippen LogP contribution in [0.1, 0.15) is 32.1 Å². The molecule has 3 rings (SSSR count). The van der Waals surface area contributed by atoms with E-state index in [1.54, 1.807) is 0 Å².